The SMILES string of the molecule is CCOC(=O)c1[nH]c(C)c(CN(Cc2ccc(OC)cc2)C(=O)c2cccc(C)c2)c1C. The van der Waals surface area contributed by atoms with Gasteiger partial charge in [0.15, 0.2) is 0 Å². The average Bonchev–Trinajstić information content (AvgIpc) is 3.07. The van der Waals surface area contributed by atoms with Crippen LogP contribution >= 0.6 is 0 Å². The minimum atomic E-state index is -0.383. The number of nitrogens with zero attached hydrogens (tertiary/aromatic N) is 1. The van der Waals surface area contributed by atoms with Gasteiger partial charge in [0.1, 0.15) is 11.4 Å². The Labute approximate surface area is 189 Å². The van der Waals surface area contributed by atoms with E-state index < -0.39 is 0 Å². The molecule has 0 radical (unpaired) electrons. The second-order valence-electron chi connectivity index (χ2n) is 7.83. The number of H-pyrrole nitrogens is 1. The zero-order valence-corrected chi connectivity index (χ0v) is 19.3. The summed E-state index contributed by atoms with van der Waals surface area (Å²) in [5.41, 5.74) is 5.66. The Bertz CT molecular complexity index is 1100. The fourth-order valence-corrected chi connectivity index (χ4v) is 3.74. The van der Waals surface area contributed by atoms with Gasteiger partial charge in [0, 0.05) is 24.3 Å². The molecule has 0 aliphatic rings. The first-order chi connectivity index (χ1) is 15.3. The Morgan fingerprint density at radius 1 is 1.00 bits per heavy atom. The number of carbonyl (C=O) groups is 2. The molecule has 1 aromatic heterocycles. The van der Waals surface area contributed by atoms with E-state index in [2.05, 4.69) is 4.98 Å². The van der Waals surface area contributed by atoms with Crippen LogP contribution in [0.1, 0.15) is 55.7 Å². The van der Waals surface area contributed by atoms with Crippen LogP contribution in [0.4, 0.5) is 0 Å². The highest BCUT2D eigenvalue weighted by Gasteiger charge is 2.23. The molecule has 1 heterocycles. The molecule has 1 amide bonds. The molecule has 2 aromatic carbocycles. The summed E-state index contributed by atoms with van der Waals surface area (Å²) in [5, 5.41) is 0. The first-order valence-electron chi connectivity index (χ1n) is 10.7. The molecule has 168 valence electrons. The summed E-state index contributed by atoms with van der Waals surface area (Å²) in [6.07, 6.45) is 0. The Hall–Kier alpha value is -3.54. The van der Waals surface area contributed by atoms with Crippen LogP contribution < -0.4 is 4.74 Å². The van der Waals surface area contributed by atoms with Gasteiger partial charge in [-0.15, -0.1) is 0 Å². The summed E-state index contributed by atoms with van der Waals surface area (Å²) in [5.74, 6) is 0.315. The number of ether oxygens (including phenoxy) is 2. The van der Waals surface area contributed by atoms with E-state index in [1.54, 1.807) is 18.9 Å². The standard InChI is InChI=1S/C26H30N2O4/c1-6-32-26(30)24-18(3)23(19(4)27-24)16-28(15-20-10-12-22(31-5)13-11-20)25(29)21-9-7-8-17(2)14-21/h7-14,27H,6,15-16H2,1-5H3. The normalized spacial score (nSPS) is 10.7. The molecule has 32 heavy (non-hydrogen) atoms. The quantitative estimate of drug-likeness (QED) is 0.508. The van der Waals surface area contributed by atoms with Crippen molar-refractivity contribution in [1.29, 1.82) is 0 Å². The number of rotatable bonds is 8. The van der Waals surface area contributed by atoms with Crippen LogP contribution in [0.5, 0.6) is 5.75 Å². The zero-order valence-electron chi connectivity index (χ0n) is 19.3. The van der Waals surface area contributed by atoms with Crippen LogP contribution in [0.3, 0.4) is 0 Å². The van der Waals surface area contributed by atoms with Crippen molar-refractivity contribution in [3.05, 3.63) is 87.7 Å². The third-order valence-corrected chi connectivity index (χ3v) is 5.51. The van der Waals surface area contributed by atoms with Crippen molar-refractivity contribution in [2.24, 2.45) is 0 Å². The number of benzene rings is 2. The van der Waals surface area contributed by atoms with Crippen molar-refractivity contribution in [2.45, 2.75) is 40.8 Å². The number of carbonyl (C=O) groups excluding carboxylic acids is 2. The lowest BCUT2D eigenvalue weighted by atomic mass is 10.1. The molecule has 6 nitrogen and oxygen atoms in total. The average molecular weight is 435 g/mol. The smallest absolute Gasteiger partial charge is 0.355 e. The molecule has 3 rings (SSSR count). The lowest BCUT2D eigenvalue weighted by molar-refractivity contribution is 0.0519. The molecule has 0 unspecified atom stereocenters. The van der Waals surface area contributed by atoms with Crippen molar-refractivity contribution >= 4 is 11.9 Å². The highest BCUT2D eigenvalue weighted by molar-refractivity contribution is 5.94. The molecule has 0 bridgehead atoms. The fraction of sp³-hybridized carbons (Fsp3) is 0.308. The molecular formula is C26H30N2O4. The predicted octanol–water partition coefficient (Wildman–Crippen LogP) is 4.97. The molecule has 0 aliphatic carbocycles. The third-order valence-electron chi connectivity index (χ3n) is 5.51. The van der Waals surface area contributed by atoms with Gasteiger partial charge in [-0.3, -0.25) is 4.79 Å². The Morgan fingerprint density at radius 2 is 1.72 bits per heavy atom. The maximum Gasteiger partial charge on any atom is 0.355 e. The van der Waals surface area contributed by atoms with Crippen LogP contribution in [0.25, 0.3) is 0 Å². The topological polar surface area (TPSA) is 71.6 Å². The highest BCUT2D eigenvalue weighted by atomic mass is 16.5. The second-order valence-corrected chi connectivity index (χ2v) is 7.83. The van der Waals surface area contributed by atoms with Crippen molar-refractivity contribution in [3.63, 3.8) is 0 Å². The summed E-state index contributed by atoms with van der Waals surface area (Å²) in [4.78, 5) is 30.8. The molecule has 0 aliphatic heterocycles. The predicted molar refractivity (Wildman–Crippen MR) is 124 cm³/mol. The van der Waals surface area contributed by atoms with Gasteiger partial charge in [0.2, 0.25) is 0 Å². The van der Waals surface area contributed by atoms with Crippen LogP contribution in [-0.4, -0.2) is 35.5 Å². The largest absolute Gasteiger partial charge is 0.497 e. The maximum absolute atomic E-state index is 13.5. The first-order valence-corrected chi connectivity index (χ1v) is 10.7. The fourth-order valence-electron chi connectivity index (χ4n) is 3.74. The molecule has 0 saturated heterocycles. The number of amides is 1. The minimum absolute atomic E-state index is 0.0674. The number of aryl methyl sites for hydroxylation is 2. The van der Waals surface area contributed by atoms with E-state index >= 15 is 0 Å². The molecule has 3 aromatic rings. The number of methoxy groups -OCH3 is 1. The number of hydrogen-bond donors (Lipinski definition) is 1. The Balaban J connectivity index is 1.95. The van der Waals surface area contributed by atoms with Gasteiger partial charge in [-0.2, -0.15) is 0 Å². The lowest BCUT2D eigenvalue weighted by Crippen LogP contribution is -2.30. The van der Waals surface area contributed by atoms with Crippen molar-refractivity contribution in [2.75, 3.05) is 13.7 Å². The van der Waals surface area contributed by atoms with Crippen LogP contribution in [0.2, 0.25) is 0 Å². The molecule has 0 atom stereocenters. The van der Waals surface area contributed by atoms with E-state index in [4.69, 9.17) is 9.47 Å². The summed E-state index contributed by atoms with van der Waals surface area (Å²) in [6, 6.07) is 15.3. The minimum Gasteiger partial charge on any atom is -0.497 e. The van der Waals surface area contributed by atoms with E-state index in [1.165, 1.54) is 0 Å². The molecule has 0 spiro atoms. The van der Waals surface area contributed by atoms with Gasteiger partial charge in [-0.05, 0) is 68.7 Å². The molecule has 0 fully saturated rings. The van der Waals surface area contributed by atoms with E-state index in [0.29, 0.717) is 31.0 Å². The van der Waals surface area contributed by atoms with Gasteiger partial charge in [-0.25, -0.2) is 4.79 Å². The monoisotopic (exact) mass is 434 g/mol. The molecule has 1 N–H and O–H groups in total. The molecule has 6 heteroatoms. The van der Waals surface area contributed by atoms with Crippen molar-refractivity contribution in [1.82, 2.24) is 9.88 Å². The Kier molecular flexibility index (Phi) is 7.36. The van der Waals surface area contributed by atoms with E-state index in [1.807, 2.05) is 69.3 Å². The van der Waals surface area contributed by atoms with E-state index in [0.717, 1.165) is 33.7 Å². The van der Waals surface area contributed by atoms with Gasteiger partial charge in [-0.1, -0.05) is 29.8 Å². The summed E-state index contributed by atoms with van der Waals surface area (Å²) in [7, 11) is 1.63. The van der Waals surface area contributed by atoms with E-state index in [9.17, 15) is 9.59 Å². The number of aromatic amines is 1. The zero-order chi connectivity index (χ0) is 23.3. The molecule has 0 saturated carbocycles. The van der Waals surface area contributed by atoms with Crippen LogP contribution in [-0.2, 0) is 17.8 Å². The van der Waals surface area contributed by atoms with E-state index in [-0.39, 0.29) is 11.9 Å². The number of aromatic nitrogens is 1. The number of esters is 1. The van der Waals surface area contributed by atoms with Crippen LogP contribution in [0, 0.1) is 20.8 Å². The molecular weight excluding hydrogens is 404 g/mol. The van der Waals surface area contributed by atoms with Crippen molar-refractivity contribution in [3.8, 4) is 5.75 Å². The second kappa shape index (κ2) is 10.2. The third kappa shape index (κ3) is 5.19. The van der Waals surface area contributed by atoms with Gasteiger partial charge < -0.3 is 19.4 Å². The lowest BCUT2D eigenvalue weighted by Gasteiger charge is -2.24. The number of nitrogens with one attached hydrogen (secondary N) is 1. The van der Waals surface area contributed by atoms with Crippen LogP contribution in [0.15, 0.2) is 48.5 Å². The first kappa shape index (κ1) is 23.1. The van der Waals surface area contributed by atoms with Gasteiger partial charge in [0.25, 0.3) is 5.91 Å². The summed E-state index contributed by atoms with van der Waals surface area (Å²) >= 11 is 0. The summed E-state index contributed by atoms with van der Waals surface area (Å²) < 4.78 is 10.4. The number of hydrogen-bond acceptors (Lipinski definition) is 4. The van der Waals surface area contributed by atoms with Gasteiger partial charge in [0.05, 0.1) is 13.7 Å². The Morgan fingerprint density at radius 3 is 2.34 bits per heavy atom. The van der Waals surface area contributed by atoms with Crippen molar-refractivity contribution < 1.29 is 19.1 Å². The summed E-state index contributed by atoms with van der Waals surface area (Å²) in [6.45, 7) is 8.64. The maximum atomic E-state index is 13.5. The van der Waals surface area contributed by atoms with Gasteiger partial charge >= 0.3 is 5.97 Å². The highest BCUT2D eigenvalue weighted by Crippen LogP contribution is 2.23.